The maximum atomic E-state index is 13.8. The minimum atomic E-state index is -1.15. The lowest BCUT2D eigenvalue weighted by Crippen LogP contribution is -2.45. The van der Waals surface area contributed by atoms with E-state index in [1.807, 2.05) is 6.07 Å². The van der Waals surface area contributed by atoms with E-state index in [0.717, 1.165) is 25.3 Å². The highest BCUT2D eigenvalue weighted by Gasteiger charge is 2.30. The molecule has 10 heteroatoms. The molecule has 1 aromatic carbocycles. The van der Waals surface area contributed by atoms with E-state index in [9.17, 15) is 23.6 Å². The van der Waals surface area contributed by atoms with Crippen molar-refractivity contribution < 1.29 is 28.7 Å². The maximum Gasteiger partial charge on any atom is 0.303 e. The second-order valence-electron chi connectivity index (χ2n) is 9.07. The molecule has 0 unspecified atom stereocenters. The Morgan fingerprint density at radius 1 is 1.18 bits per heavy atom. The predicted molar refractivity (Wildman–Crippen MR) is 121 cm³/mol. The van der Waals surface area contributed by atoms with Crippen molar-refractivity contribution in [3.8, 4) is 6.07 Å². The predicted octanol–water partition coefficient (Wildman–Crippen LogP) is 1.89. The van der Waals surface area contributed by atoms with Crippen molar-refractivity contribution in [1.29, 1.82) is 5.26 Å². The Kier molecular flexibility index (Phi) is 9.54. The van der Waals surface area contributed by atoms with Gasteiger partial charge in [0.25, 0.3) is 0 Å². The molecule has 0 saturated heterocycles. The molecule has 0 radical (unpaired) electrons. The van der Waals surface area contributed by atoms with Gasteiger partial charge in [0.1, 0.15) is 5.82 Å². The summed E-state index contributed by atoms with van der Waals surface area (Å²) in [5.41, 5.74) is -0.713. The number of nitriles is 1. The van der Waals surface area contributed by atoms with Gasteiger partial charge in [0.15, 0.2) is 0 Å². The molecule has 0 aliphatic heterocycles. The number of benzene rings is 1. The molecule has 34 heavy (non-hydrogen) atoms. The topological polar surface area (TPSA) is 148 Å². The summed E-state index contributed by atoms with van der Waals surface area (Å²) >= 11 is 0. The van der Waals surface area contributed by atoms with E-state index in [0.29, 0.717) is 5.56 Å². The van der Waals surface area contributed by atoms with Gasteiger partial charge in [0.2, 0.25) is 17.7 Å². The first-order valence-electron chi connectivity index (χ1n) is 11.3. The summed E-state index contributed by atoms with van der Waals surface area (Å²) in [5, 5.41) is 26.2. The van der Waals surface area contributed by atoms with Crippen molar-refractivity contribution in [3.05, 3.63) is 35.1 Å². The van der Waals surface area contributed by atoms with Crippen molar-refractivity contribution in [2.75, 3.05) is 6.54 Å². The molecule has 1 atom stereocenters. The first kappa shape index (κ1) is 26.8. The third kappa shape index (κ3) is 8.14. The molecule has 184 valence electrons. The molecular formula is C24H31FN4O5. The molecule has 0 spiro atoms. The zero-order chi connectivity index (χ0) is 25.3. The second kappa shape index (κ2) is 12.1. The van der Waals surface area contributed by atoms with Crippen LogP contribution in [0.25, 0.3) is 0 Å². The molecule has 4 N–H and O–H groups in total. The molecule has 1 saturated carbocycles. The third-order valence-corrected chi connectivity index (χ3v) is 5.93. The molecule has 1 fully saturated rings. The number of hydrogen-bond donors (Lipinski definition) is 4. The molecular weight excluding hydrogens is 443 g/mol. The van der Waals surface area contributed by atoms with Gasteiger partial charge < -0.3 is 21.1 Å². The van der Waals surface area contributed by atoms with Gasteiger partial charge in [-0.05, 0) is 63.3 Å². The van der Waals surface area contributed by atoms with E-state index in [4.69, 9.17) is 10.4 Å². The number of nitrogens with zero attached hydrogens (tertiary/aromatic N) is 1. The molecule has 0 heterocycles. The minimum absolute atomic E-state index is 0.00552. The van der Waals surface area contributed by atoms with Crippen molar-refractivity contribution in [2.45, 2.75) is 76.3 Å². The molecule has 3 amide bonds. The number of carbonyl (C=O) groups excluding carboxylic acids is 3. The summed E-state index contributed by atoms with van der Waals surface area (Å²) < 4.78 is 13.8. The first-order chi connectivity index (χ1) is 16.0. The lowest BCUT2D eigenvalue weighted by atomic mass is 9.83. The van der Waals surface area contributed by atoms with Gasteiger partial charge in [-0.15, -0.1) is 0 Å². The van der Waals surface area contributed by atoms with E-state index in [1.165, 1.54) is 12.1 Å². The van der Waals surface area contributed by atoms with Crippen LogP contribution >= 0.6 is 0 Å². The summed E-state index contributed by atoms with van der Waals surface area (Å²) in [6.45, 7) is 3.16. The Labute approximate surface area is 198 Å². The second-order valence-corrected chi connectivity index (χ2v) is 9.07. The van der Waals surface area contributed by atoms with Crippen molar-refractivity contribution in [3.63, 3.8) is 0 Å². The van der Waals surface area contributed by atoms with E-state index < -0.39 is 35.1 Å². The summed E-state index contributed by atoms with van der Waals surface area (Å²) in [6, 6.07) is 5.07. The fourth-order valence-corrected chi connectivity index (χ4v) is 3.54. The maximum absolute atomic E-state index is 13.8. The molecule has 2 rings (SSSR count). The standard InChI is InChI=1S/C24H31FN4O5/c1-24(2,16-10-15(14-26)11-17(25)12-16)23(34)27-9-8-20(30)29-19(6-7-22(32)33)13-21(31)28-18-4-3-5-18/h10-12,18-19H,3-9,13H2,1-2H3,(H,27,34)(H,28,31)(H,29,30)(H,32,33)/t19-/m0/s1. The van der Waals surface area contributed by atoms with Gasteiger partial charge in [0.05, 0.1) is 17.0 Å². The highest BCUT2D eigenvalue weighted by molar-refractivity contribution is 5.88. The number of amides is 3. The molecule has 1 aliphatic carbocycles. The van der Waals surface area contributed by atoms with Crippen LogP contribution in [0.2, 0.25) is 0 Å². The molecule has 0 bridgehead atoms. The Balaban J connectivity index is 1.87. The van der Waals surface area contributed by atoms with Crippen LogP contribution in [0.15, 0.2) is 18.2 Å². The Morgan fingerprint density at radius 3 is 2.47 bits per heavy atom. The number of halogens is 1. The minimum Gasteiger partial charge on any atom is -0.481 e. The molecule has 1 aliphatic rings. The van der Waals surface area contributed by atoms with E-state index in [1.54, 1.807) is 13.8 Å². The van der Waals surface area contributed by atoms with Gasteiger partial charge in [0, 0.05) is 37.9 Å². The smallest absolute Gasteiger partial charge is 0.303 e. The van der Waals surface area contributed by atoms with Gasteiger partial charge >= 0.3 is 5.97 Å². The Morgan fingerprint density at radius 2 is 1.88 bits per heavy atom. The molecule has 9 nitrogen and oxygen atoms in total. The lowest BCUT2D eigenvalue weighted by Gasteiger charge is -2.27. The normalized spacial score (nSPS) is 14.3. The Bertz CT molecular complexity index is 969. The quantitative estimate of drug-likeness (QED) is 0.364. The number of carboxylic acids is 1. The van der Waals surface area contributed by atoms with Crippen LogP contribution in [-0.4, -0.2) is 47.4 Å². The zero-order valence-corrected chi connectivity index (χ0v) is 19.4. The van der Waals surface area contributed by atoms with Crippen molar-refractivity contribution >= 4 is 23.7 Å². The van der Waals surface area contributed by atoms with Gasteiger partial charge in [-0.25, -0.2) is 4.39 Å². The van der Waals surface area contributed by atoms with E-state index in [-0.39, 0.29) is 49.7 Å². The van der Waals surface area contributed by atoms with Crippen LogP contribution in [0.5, 0.6) is 0 Å². The lowest BCUT2D eigenvalue weighted by molar-refractivity contribution is -0.138. The van der Waals surface area contributed by atoms with Gasteiger partial charge in [-0.3, -0.25) is 19.2 Å². The van der Waals surface area contributed by atoms with Crippen LogP contribution in [0.4, 0.5) is 4.39 Å². The fraction of sp³-hybridized carbons (Fsp3) is 0.542. The summed E-state index contributed by atoms with van der Waals surface area (Å²) in [6.07, 6.45) is 2.72. The highest BCUT2D eigenvalue weighted by Crippen LogP contribution is 2.25. The van der Waals surface area contributed by atoms with Gasteiger partial charge in [-0.1, -0.05) is 0 Å². The van der Waals surface area contributed by atoms with Crippen LogP contribution in [0.3, 0.4) is 0 Å². The average molecular weight is 475 g/mol. The number of rotatable bonds is 12. The molecule has 0 aromatic heterocycles. The average Bonchev–Trinajstić information content (AvgIpc) is 2.73. The van der Waals surface area contributed by atoms with E-state index in [2.05, 4.69) is 16.0 Å². The number of carbonyl (C=O) groups is 4. The summed E-state index contributed by atoms with van der Waals surface area (Å²) in [5.74, 6) is -2.75. The number of nitrogens with one attached hydrogen (secondary N) is 3. The van der Waals surface area contributed by atoms with Gasteiger partial charge in [-0.2, -0.15) is 5.26 Å². The van der Waals surface area contributed by atoms with Crippen LogP contribution in [0.1, 0.15) is 69.9 Å². The highest BCUT2D eigenvalue weighted by atomic mass is 19.1. The van der Waals surface area contributed by atoms with Crippen LogP contribution in [-0.2, 0) is 24.6 Å². The van der Waals surface area contributed by atoms with E-state index >= 15 is 0 Å². The number of carboxylic acid groups (broad SMARTS) is 1. The summed E-state index contributed by atoms with van der Waals surface area (Å²) in [7, 11) is 0. The monoisotopic (exact) mass is 474 g/mol. The SMILES string of the molecule is CC(C)(C(=O)NCCC(=O)N[C@@H](CCC(=O)O)CC(=O)NC1CCC1)c1cc(F)cc(C#N)c1. The third-order valence-electron chi connectivity index (χ3n) is 5.93. The van der Waals surface area contributed by atoms with Crippen molar-refractivity contribution in [2.24, 2.45) is 0 Å². The van der Waals surface area contributed by atoms with Crippen molar-refractivity contribution in [1.82, 2.24) is 16.0 Å². The summed E-state index contributed by atoms with van der Waals surface area (Å²) in [4.78, 5) is 48.2. The zero-order valence-electron chi connectivity index (χ0n) is 19.4. The van der Waals surface area contributed by atoms with Crippen LogP contribution in [0, 0.1) is 17.1 Å². The molecule has 1 aromatic rings. The first-order valence-corrected chi connectivity index (χ1v) is 11.3. The largest absolute Gasteiger partial charge is 0.481 e. The Hall–Kier alpha value is -3.48. The van der Waals surface area contributed by atoms with Crippen LogP contribution < -0.4 is 16.0 Å². The fourth-order valence-electron chi connectivity index (χ4n) is 3.54. The number of hydrogen-bond acceptors (Lipinski definition) is 5. The number of aliphatic carboxylic acids is 1.